The summed E-state index contributed by atoms with van der Waals surface area (Å²) in [5.74, 6) is -1.09. The minimum absolute atomic E-state index is 0.0180. The van der Waals surface area contributed by atoms with Crippen molar-refractivity contribution >= 4 is 12.0 Å². The zero-order chi connectivity index (χ0) is 15.4. The Morgan fingerprint density at radius 2 is 2.00 bits per heavy atom. The molecular weight excluding hydrogens is 272 g/mol. The standard InChI is InChI=1S/C15H26N2O4/c1-11-10-12(14(19)20)6-8-16(11)15(21)17(7-3-9-18)13-4-2-5-13/h11-13,18H,2-10H2,1H3,(H,19,20). The van der Waals surface area contributed by atoms with Crippen LogP contribution in [0.3, 0.4) is 0 Å². The summed E-state index contributed by atoms with van der Waals surface area (Å²) >= 11 is 0. The van der Waals surface area contributed by atoms with E-state index in [0.29, 0.717) is 38.4 Å². The molecule has 2 N–H and O–H groups in total. The number of nitrogens with zero attached hydrogens (tertiary/aromatic N) is 2. The van der Waals surface area contributed by atoms with Crippen LogP contribution in [0.15, 0.2) is 0 Å². The summed E-state index contributed by atoms with van der Waals surface area (Å²) in [6.07, 6.45) is 4.89. The van der Waals surface area contributed by atoms with Gasteiger partial charge in [-0.2, -0.15) is 0 Å². The van der Waals surface area contributed by atoms with Crippen molar-refractivity contribution in [1.82, 2.24) is 9.80 Å². The average molecular weight is 298 g/mol. The number of hydrogen-bond acceptors (Lipinski definition) is 3. The van der Waals surface area contributed by atoms with Gasteiger partial charge in [0.2, 0.25) is 0 Å². The van der Waals surface area contributed by atoms with Crippen LogP contribution in [0.1, 0.15) is 45.4 Å². The fraction of sp³-hybridized carbons (Fsp3) is 0.867. The van der Waals surface area contributed by atoms with Crippen molar-refractivity contribution in [3.8, 4) is 0 Å². The lowest BCUT2D eigenvalue weighted by atomic mass is 9.90. The Balaban J connectivity index is 1.97. The molecule has 1 aliphatic heterocycles. The molecule has 1 heterocycles. The molecule has 0 aromatic heterocycles. The summed E-state index contributed by atoms with van der Waals surface area (Å²) in [6, 6.07) is 0.280. The van der Waals surface area contributed by atoms with Crippen molar-refractivity contribution in [2.24, 2.45) is 5.92 Å². The lowest BCUT2D eigenvalue weighted by molar-refractivity contribution is -0.143. The molecule has 0 radical (unpaired) electrons. The van der Waals surface area contributed by atoms with E-state index in [1.807, 2.05) is 16.7 Å². The van der Waals surface area contributed by atoms with Gasteiger partial charge in [0.1, 0.15) is 0 Å². The second-order valence-electron chi connectivity index (χ2n) is 6.24. The predicted molar refractivity (Wildman–Crippen MR) is 78.0 cm³/mol. The first-order valence-corrected chi connectivity index (χ1v) is 7.95. The fourth-order valence-electron chi connectivity index (χ4n) is 3.22. The van der Waals surface area contributed by atoms with Gasteiger partial charge in [-0.25, -0.2) is 4.79 Å². The molecule has 2 atom stereocenters. The van der Waals surface area contributed by atoms with Crippen LogP contribution in [0, 0.1) is 5.92 Å². The minimum Gasteiger partial charge on any atom is -0.481 e. The van der Waals surface area contributed by atoms with Gasteiger partial charge in [0.15, 0.2) is 0 Å². The molecule has 2 aliphatic rings. The highest BCUT2D eigenvalue weighted by Gasteiger charge is 2.37. The molecule has 120 valence electrons. The van der Waals surface area contributed by atoms with E-state index in [1.54, 1.807) is 0 Å². The smallest absolute Gasteiger partial charge is 0.320 e. The summed E-state index contributed by atoms with van der Waals surface area (Å²) in [6.45, 7) is 3.12. The van der Waals surface area contributed by atoms with Crippen LogP contribution in [0.2, 0.25) is 0 Å². The Hall–Kier alpha value is -1.30. The van der Waals surface area contributed by atoms with E-state index in [2.05, 4.69) is 0 Å². The molecule has 1 aliphatic carbocycles. The zero-order valence-corrected chi connectivity index (χ0v) is 12.7. The Kier molecular flexibility index (Phi) is 5.45. The molecule has 0 spiro atoms. The molecule has 2 fully saturated rings. The van der Waals surface area contributed by atoms with E-state index in [1.165, 1.54) is 0 Å². The van der Waals surface area contributed by atoms with Gasteiger partial charge in [-0.15, -0.1) is 0 Å². The molecule has 6 heteroatoms. The van der Waals surface area contributed by atoms with Gasteiger partial charge in [-0.1, -0.05) is 0 Å². The first-order valence-electron chi connectivity index (χ1n) is 7.95. The molecule has 2 unspecified atom stereocenters. The number of piperidine rings is 1. The maximum atomic E-state index is 12.7. The van der Waals surface area contributed by atoms with Crippen LogP contribution in [-0.4, -0.2) is 63.8 Å². The molecule has 21 heavy (non-hydrogen) atoms. The summed E-state index contributed by atoms with van der Waals surface area (Å²) in [7, 11) is 0. The summed E-state index contributed by atoms with van der Waals surface area (Å²) in [5, 5.41) is 18.1. The van der Waals surface area contributed by atoms with Crippen molar-refractivity contribution < 1.29 is 19.8 Å². The Morgan fingerprint density at radius 1 is 1.29 bits per heavy atom. The highest BCUT2D eigenvalue weighted by Crippen LogP contribution is 2.29. The number of hydrogen-bond donors (Lipinski definition) is 2. The van der Waals surface area contributed by atoms with Crippen LogP contribution < -0.4 is 0 Å². The maximum absolute atomic E-state index is 12.7. The van der Waals surface area contributed by atoms with Gasteiger partial charge in [-0.05, 0) is 45.4 Å². The van der Waals surface area contributed by atoms with Crippen LogP contribution >= 0.6 is 0 Å². The van der Waals surface area contributed by atoms with E-state index >= 15 is 0 Å². The van der Waals surface area contributed by atoms with Gasteiger partial charge in [0, 0.05) is 31.8 Å². The number of urea groups is 1. The number of carbonyl (C=O) groups excluding carboxylic acids is 1. The number of likely N-dealkylation sites (tertiary alicyclic amines) is 1. The van der Waals surface area contributed by atoms with E-state index in [9.17, 15) is 9.59 Å². The lowest BCUT2D eigenvalue weighted by Crippen LogP contribution is -2.55. The van der Waals surface area contributed by atoms with Crippen LogP contribution in [-0.2, 0) is 4.79 Å². The normalized spacial score (nSPS) is 26.3. The first-order chi connectivity index (χ1) is 10.0. The highest BCUT2D eigenvalue weighted by atomic mass is 16.4. The van der Waals surface area contributed by atoms with Gasteiger partial charge in [0.25, 0.3) is 0 Å². The Bertz CT molecular complexity index is 384. The third kappa shape index (κ3) is 3.67. The second kappa shape index (κ2) is 7.11. The first kappa shape index (κ1) is 16.1. The number of carbonyl (C=O) groups is 2. The van der Waals surface area contributed by atoms with Crippen molar-refractivity contribution in [3.05, 3.63) is 0 Å². The average Bonchev–Trinajstić information content (AvgIpc) is 2.40. The van der Waals surface area contributed by atoms with Gasteiger partial charge < -0.3 is 20.0 Å². The number of rotatable bonds is 5. The highest BCUT2D eigenvalue weighted by molar-refractivity contribution is 5.76. The Labute approximate surface area is 125 Å². The summed E-state index contributed by atoms with van der Waals surface area (Å²) < 4.78 is 0. The van der Waals surface area contributed by atoms with Crippen LogP contribution in [0.4, 0.5) is 4.79 Å². The SMILES string of the molecule is CC1CC(C(=O)O)CCN1C(=O)N(CCCO)C1CCC1. The van der Waals surface area contributed by atoms with E-state index in [4.69, 9.17) is 10.2 Å². The molecule has 0 aromatic rings. The number of aliphatic carboxylic acids is 1. The lowest BCUT2D eigenvalue weighted by Gasteiger charge is -2.44. The topological polar surface area (TPSA) is 81.1 Å². The second-order valence-corrected chi connectivity index (χ2v) is 6.24. The maximum Gasteiger partial charge on any atom is 0.320 e. The summed E-state index contributed by atoms with van der Waals surface area (Å²) in [5.41, 5.74) is 0. The largest absolute Gasteiger partial charge is 0.481 e. The number of aliphatic hydroxyl groups excluding tert-OH is 1. The van der Waals surface area contributed by atoms with Crippen LogP contribution in [0.25, 0.3) is 0 Å². The summed E-state index contributed by atoms with van der Waals surface area (Å²) in [4.78, 5) is 27.5. The van der Waals surface area contributed by atoms with Crippen molar-refractivity contribution in [2.75, 3.05) is 19.7 Å². The van der Waals surface area contributed by atoms with Crippen molar-refractivity contribution in [3.63, 3.8) is 0 Å². The monoisotopic (exact) mass is 298 g/mol. The third-order valence-electron chi connectivity index (χ3n) is 4.79. The number of carboxylic acid groups (broad SMARTS) is 1. The molecule has 1 saturated carbocycles. The van der Waals surface area contributed by atoms with Crippen molar-refractivity contribution in [1.29, 1.82) is 0 Å². The van der Waals surface area contributed by atoms with Gasteiger partial charge in [0.05, 0.1) is 5.92 Å². The predicted octanol–water partition coefficient (Wildman–Crippen LogP) is 1.53. The Morgan fingerprint density at radius 3 is 2.48 bits per heavy atom. The van der Waals surface area contributed by atoms with E-state index < -0.39 is 5.97 Å². The third-order valence-corrected chi connectivity index (χ3v) is 4.79. The zero-order valence-electron chi connectivity index (χ0n) is 12.7. The van der Waals surface area contributed by atoms with Crippen LogP contribution in [0.5, 0.6) is 0 Å². The van der Waals surface area contributed by atoms with E-state index in [0.717, 1.165) is 19.3 Å². The molecular formula is C15H26N2O4. The quantitative estimate of drug-likeness (QED) is 0.806. The van der Waals surface area contributed by atoms with Gasteiger partial charge >= 0.3 is 12.0 Å². The van der Waals surface area contributed by atoms with Gasteiger partial charge in [-0.3, -0.25) is 4.79 Å². The molecule has 0 aromatic carbocycles. The molecule has 2 rings (SSSR count). The number of carboxylic acids is 1. The number of amides is 2. The fourth-order valence-corrected chi connectivity index (χ4v) is 3.22. The minimum atomic E-state index is -0.759. The molecule has 2 amide bonds. The number of aliphatic hydroxyl groups is 1. The molecule has 6 nitrogen and oxygen atoms in total. The molecule has 0 bridgehead atoms. The van der Waals surface area contributed by atoms with E-state index in [-0.39, 0.29) is 24.6 Å². The van der Waals surface area contributed by atoms with Crippen molar-refractivity contribution in [2.45, 2.75) is 57.5 Å². The molecule has 1 saturated heterocycles.